The molecule has 11 nitrogen and oxygen atoms in total. The summed E-state index contributed by atoms with van der Waals surface area (Å²) < 4.78 is 10.6. The number of amides is 3. The van der Waals surface area contributed by atoms with Gasteiger partial charge in [0, 0.05) is 19.6 Å². The summed E-state index contributed by atoms with van der Waals surface area (Å²) >= 11 is 0. The summed E-state index contributed by atoms with van der Waals surface area (Å²) in [7, 11) is 3.10. The standard InChI is InChI=1S/C23H36N6O5/c1-4-5-11-26-20(30)19-21(31)28-16(7-6-12-27-23(24)25)22(32)29(19)13-10-15-8-9-17(33-2)18(14-15)34-3/h8-9,14,16,19H,4-7,10-13H2,1-3H3,(H,26,30)(H,28,31)(H4,24,25,27). The molecular formula is C23H36N6O5. The number of hydrogen-bond acceptors (Lipinski definition) is 6. The smallest absolute Gasteiger partial charge is 0.253 e. The molecular weight excluding hydrogens is 440 g/mol. The monoisotopic (exact) mass is 476 g/mol. The zero-order valence-corrected chi connectivity index (χ0v) is 20.1. The molecule has 0 aromatic heterocycles. The Morgan fingerprint density at radius 3 is 2.56 bits per heavy atom. The van der Waals surface area contributed by atoms with Crippen LogP contribution < -0.4 is 31.6 Å². The van der Waals surface area contributed by atoms with E-state index in [9.17, 15) is 14.4 Å². The van der Waals surface area contributed by atoms with E-state index in [-0.39, 0.29) is 18.4 Å². The number of nitrogens with two attached hydrogens (primary N) is 2. The van der Waals surface area contributed by atoms with Gasteiger partial charge < -0.3 is 36.5 Å². The first-order valence-corrected chi connectivity index (χ1v) is 11.5. The van der Waals surface area contributed by atoms with Crippen LogP contribution in [0.1, 0.15) is 38.2 Å². The number of unbranched alkanes of at least 4 members (excludes halogenated alkanes) is 1. The van der Waals surface area contributed by atoms with E-state index in [4.69, 9.17) is 20.9 Å². The molecule has 3 amide bonds. The van der Waals surface area contributed by atoms with Gasteiger partial charge in [0.1, 0.15) is 6.04 Å². The Bertz CT molecular complexity index is 887. The summed E-state index contributed by atoms with van der Waals surface area (Å²) in [5.74, 6) is -0.152. The van der Waals surface area contributed by atoms with E-state index in [1.54, 1.807) is 20.3 Å². The first-order valence-electron chi connectivity index (χ1n) is 11.5. The van der Waals surface area contributed by atoms with Gasteiger partial charge in [-0.05, 0) is 43.4 Å². The Labute approximate surface area is 200 Å². The van der Waals surface area contributed by atoms with Gasteiger partial charge in [0.2, 0.25) is 5.91 Å². The Morgan fingerprint density at radius 2 is 1.91 bits per heavy atom. The lowest BCUT2D eigenvalue weighted by Crippen LogP contribution is -2.67. The van der Waals surface area contributed by atoms with Crippen molar-refractivity contribution in [2.45, 2.75) is 51.1 Å². The summed E-state index contributed by atoms with van der Waals surface area (Å²) in [5.41, 5.74) is 11.6. The molecule has 0 saturated carbocycles. The SMILES string of the molecule is CCCCNC(=O)C1C(=O)NC(CCCN=C(N)N)C(=O)N1CCc1ccc(OC)c(OC)c1. The number of benzene rings is 1. The highest BCUT2D eigenvalue weighted by Crippen LogP contribution is 2.28. The van der Waals surface area contributed by atoms with E-state index in [2.05, 4.69) is 15.6 Å². The molecule has 0 aliphatic carbocycles. The third kappa shape index (κ3) is 7.26. The lowest BCUT2D eigenvalue weighted by atomic mass is 10.0. The van der Waals surface area contributed by atoms with Crippen molar-refractivity contribution in [1.82, 2.24) is 15.5 Å². The second-order valence-corrected chi connectivity index (χ2v) is 8.03. The van der Waals surface area contributed by atoms with Crippen LogP contribution in [0.25, 0.3) is 0 Å². The molecule has 6 N–H and O–H groups in total. The van der Waals surface area contributed by atoms with Crippen LogP contribution in [0.4, 0.5) is 0 Å². The van der Waals surface area contributed by atoms with Crippen LogP contribution in [0.2, 0.25) is 0 Å². The van der Waals surface area contributed by atoms with Crippen molar-refractivity contribution in [3.63, 3.8) is 0 Å². The molecule has 1 aliphatic rings. The van der Waals surface area contributed by atoms with E-state index >= 15 is 0 Å². The van der Waals surface area contributed by atoms with Gasteiger partial charge >= 0.3 is 0 Å². The van der Waals surface area contributed by atoms with E-state index in [0.29, 0.717) is 43.9 Å². The summed E-state index contributed by atoms with van der Waals surface area (Å²) in [6.45, 7) is 2.98. The van der Waals surface area contributed by atoms with Crippen LogP contribution in [-0.4, -0.2) is 74.5 Å². The highest BCUT2D eigenvalue weighted by Gasteiger charge is 2.43. The lowest BCUT2D eigenvalue weighted by Gasteiger charge is -2.38. The minimum atomic E-state index is -1.22. The molecule has 188 valence electrons. The summed E-state index contributed by atoms with van der Waals surface area (Å²) in [5, 5.41) is 5.47. The van der Waals surface area contributed by atoms with Crippen molar-refractivity contribution in [1.29, 1.82) is 0 Å². The summed E-state index contributed by atoms with van der Waals surface area (Å²) in [6.07, 6.45) is 2.98. The molecule has 11 heteroatoms. The zero-order valence-electron chi connectivity index (χ0n) is 20.1. The fourth-order valence-corrected chi connectivity index (χ4v) is 3.75. The molecule has 1 aliphatic heterocycles. The van der Waals surface area contributed by atoms with Gasteiger partial charge in [-0.25, -0.2) is 0 Å². The lowest BCUT2D eigenvalue weighted by molar-refractivity contribution is -0.154. The third-order valence-corrected chi connectivity index (χ3v) is 5.57. The number of carbonyl (C=O) groups excluding carboxylic acids is 3. The van der Waals surface area contributed by atoms with Crippen molar-refractivity contribution in [3.05, 3.63) is 23.8 Å². The van der Waals surface area contributed by atoms with Gasteiger partial charge in [-0.15, -0.1) is 0 Å². The third-order valence-electron chi connectivity index (χ3n) is 5.57. The number of guanidine groups is 1. The van der Waals surface area contributed by atoms with Crippen molar-refractivity contribution < 1.29 is 23.9 Å². The van der Waals surface area contributed by atoms with Crippen LogP contribution in [0.15, 0.2) is 23.2 Å². The Balaban J connectivity index is 2.18. The van der Waals surface area contributed by atoms with Gasteiger partial charge in [-0.1, -0.05) is 19.4 Å². The zero-order chi connectivity index (χ0) is 25.1. The first kappa shape index (κ1) is 26.7. The highest BCUT2D eigenvalue weighted by atomic mass is 16.5. The van der Waals surface area contributed by atoms with Crippen LogP contribution in [-0.2, 0) is 20.8 Å². The minimum Gasteiger partial charge on any atom is -0.493 e. The van der Waals surface area contributed by atoms with Gasteiger partial charge in [-0.3, -0.25) is 19.4 Å². The van der Waals surface area contributed by atoms with Crippen molar-refractivity contribution in [2.24, 2.45) is 16.5 Å². The van der Waals surface area contributed by atoms with Crippen LogP contribution >= 0.6 is 0 Å². The maximum absolute atomic E-state index is 13.3. The Kier molecular flexibility index (Phi) is 10.4. The Hall–Kier alpha value is -3.50. The van der Waals surface area contributed by atoms with Crippen molar-refractivity contribution in [3.8, 4) is 11.5 Å². The van der Waals surface area contributed by atoms with E-state index in [1.165, 1.54) is 4.90 Å². The number of rotatable bonds is 13. The second kappa shape index (κ2) is 13.3. The molecule has 2 atom stereocenters. The van der Waals surface area contributed by atoms with Gasteiger partial charge in [0.25, 0.3) is 11.8 Å². The number of methoxy groups -OCH3 is 2. The quantitative estimate of drug-likeness (QED) is 0.134. The number of nitrogens with zero attached hydrogens (tertiary/aromatic N) is 2. The average Bonchev–Trinajstić information content (AvgIpc) is 2.82. The molecule has 2 rings (SSSR count). The van der Waals surface area contributed by atoms with E-state index in [0.717, 1.165) is 18.4 Å². The summed E-state index contributed by atoms with van der Waals surface area (Å²) in [6, 6.07) is 3.49. The van der Waals surface area contributed by atoms with Crippen LogP contribution in [0.5, 0.6) is 11.5 Å². The topological polar surface area (TPSA) is 161 Å². The largest absolute Gasteiger partial charge is 0.493 e. The molecule has 0 bridgehead atoms. The van der Waals surface area contributed by atoms with Gasteiger partial charge in [-0.2, -0.15) is 0 Å². The Morgan fingerprint density at radius 1 is 1.18 bits per heavy atom. The number of aliphatic imine (C=N–C) groups is 1. The number of nitrogens with one attached hydrogen (secondary N) is 2. The average molecular weight is 477 g/mol. The molecule has 2 unspecified atom stereocenters. The van der Waals surface area contributed by atoms with E-state index < -0.39 is 23.9 Å². The molecule has 0 radical (unpaired) electrons. The maximum atomic E-state index is 13.3. The molecule has 1 fully saturated rings. The normalized spacial score (nSPS) is 17.7. The van der Waals surface area contributed by atoms with E-state index in [1.807, 2.05) is 19.1 Å². The number of hydrogen-bond donors (Lipinski definition) is 4. The molecule has 1 aromatic rings. The number of piperazine rings is 1. The predicted molar refractivity (Wildman–Crippen MR) is 129 cm³/mol. The highest BCUT2D eigenvalue weighted by molar-refractivity contribution is 6.10. The second-order valence-electron chi connectivity index (χ2n) is 8.03. The maximum Gasteiger partial charge on any atom is 0.253 e. The molecule has 0 spiro atoms. The molecule has 34 heavy (non-hydrogen) atoms. The summed E-state index contributed by atoms with van der Waals surface area (Å²) in [4.78, 5) is 44.3. The predicted octanol–water partition coefficient (Wildman–Crippen LogP) is -0.0882. The number of ether oxygens (including phenoxy) is 2. The molecule has 1 aromatic carbocycles. The fraction of sp³-hybridized carbons (Fsp3) is 0.565. The minimum absolute atomic E-state index is 0.0284. The van der Waals surface area contributed by atoms with Crippen molar-refractivity contribution in [2.75, 3.05) is 33.9 Å². The molecule has 1 heterocycles. The fourth-order valence-electron chi connectivity index (χ4n) is 3.75. The van der Waals surface area contributed by atoms with Crippen LogP contribution in [0, 0.1) is 0 Å². The number of carbonyl (C=O) groups is 3. The van der Waals surface area contributed by atoms with Crippen LogP contribution in [0.3, 0.4) is 0 Å². The van der Waals surface area contributed by atoms with Gasteiger partial charge in [0.05, 0.1) is 14.2 Å². The van der Waals surface area contributed by atoms with Gasteiger partial charge in [0.15, 0.2) is 23.5 Å². The van der Waals surface area contributed by atoms with Crippen molar-refractivity contribution >= 4 is 23.7 Å². The molecule has 1 saturated heterocycles. The first-order chi connectivity index (χ1) is 16.3.